The first-order chi connectivity index (χ1) is 9.89. The van der Waals surface area contributed by atoms with Gasteiger partial charge in [0, 0.05) is 12.4 Å². The van der Waals surface area contributed by atoms with Gasteiger partial charge in [-0.3, -0.25) is 4.79 Å². The van der Waals surface area contributed by atoms with Crippen LogP contribution in [0, 0.1) is 5.41 Å². The summed E-state index contributed by atoms with van der Waals surface area (Å²) in [5.41, 5.74) is 0.241. The third-order valence-electron chi connectivity index (χ3n) is 3.13. The van der Waals surface area contributed by atoms with Crippen LogP contribution in [0.1, 0.15) is 19.4 Å². The summed E-state index contributed by atoms with van der Waals surface area (Å²) < 4.78 is 15.8. The third-order valence-corrected chi connectivity index (χ3v) is 3.79. The number of amides is 1. The zero-order valence-corrected chi connectivity index (χ0v) is 13.8. The summed E-state index contributed by atoms with van der Waals surface area (Å²) in [6, 6.07) is 3.60. The summed E-state index contributed by atoms with van der Waals surface area (Å²) in [6.45, 7) is 3.95. The monoisotopic (exact) mass is 315 g/mol. The van der Waals surface area contributed by atoms with Crippen LogP contribution in [-0.2, 0) is 11.3 Å². The molecule has 118 valence electrons. The normalized spacial score (nSPS) is 11.0. The maximum Gasteiger partial charge on any atom is 0.227 e. The number of carbonyl (C=O) groups is 1. The topological polar surface area (TPSA) is 56.8 Å². The number of methoxy groups -OCH3 is 3. The van der Waals surface area contributed by atoms with Crippen molar-refractivity contribution >= 4 is 17.5 Å². The quantitative estimate of drug-likeness (QED) is 0.786. The van der Waals surface area contributed by atoms with Gasteiger partial charge < -0.3 is 19.5 Å². The summed E-state index contributed by atoms with van der Waals surface area (Å²) in [7, 11) is 4.65. The number of carbonyl (C=O) groups excluding carboxylic acids is 1. The van der Waals surface area contributed by atoms with Crippen molar-refractivity contribution in [1.82, 2.24) is 5.32 Å². The van der Waals surface area contributed by atoms with Crippen LogP contribution < -0.4 is 19.5 Å². The minimum absolute atomic E-state index is 0.105. The molecule has 1 amide bonds. The molecule has 0 spiro atoms. The standard InChI is InChI=1S/C15H22ClNO4/c1-15(2,9-16)14(18)17-8-10-6-11(19-3)13(21-5)12(7-10)20-4/h6-7H,8-9H2,1-5H3,(H,17,18). The van der Waals surface area contributed by atoms with Crippen molar-refractivity contribution in [1.29, 1.82) is 0 Å². The van der Waals surface area contributed by atoms with E-state index in [0.717, 1.165) is 5.56 Å². The van der Waals surface area contributed by atoms with Crippen LogP contribution in [-0.4, -0.2) is 33.1 Å². The zero-order valence-electron chi connectivity index (χ0n) is 13.1. The molecule has 0 unspecified atom stereocenters. The Morgan fingerprint density at radius 2 is 1.67 bits per heavy atom. The van der Waals surface area contributed by atoms with E-state index in [1.165, 1.54) is 0 Å². The van der Waals surface area contributed by atoms with Gasteiger partial charge in [-0.1, -0.05) is 0 Å². The smallest absolute Gasteiger partial charge is 0.227 e. The number of ether oxygens (including phenoxy) is 3. The van der Waals surface area contributed by atoms with E-state index in [4.69, 9.17) is 25.8 Å². The van der Waals surface area contributed by atoms with Crippen LogP contribution in [0.4, 0.5) is 0 Å². The second-order valence-electron chi connectivity index (χ2n) is 5.23. The molecule has 6 heteroatoms. The minimum Gasteiger partial charge on any atom is -0.493 e. The van der Waals surface area contributed by atoms with Crippen LogP contribution in [0.15, 0.2) is 12.1 Å². The van der Waals surface area contributed by atoms with Gasteiger partial charge in [-0.15, -0.1) is 11.6 Å². The first kappa shape index (κ1) is 17.4. The second-order valence-corrected chi connectivity index (χ2v) is 5.50. The van der Waals surface area contributed by atoms with Crippen LogP contribution in [0.25, 0.3) is 0 Å². The molecule has 1 aromatic rings. The zero-order chi connectivity index (χ0) is 16.0. The fourth-order valence-corrected chi connectivity index (χ4v) is 1.84. The van der Waals surface area contributed by atoms with Gasteiger partial charge in [0.1, 0.15) is 0 Å². The molecule has 0 atom stereocenters. The summed E-state index contributed by atoms with van der Waals surface area (Å²) in [4.78, 5) is 12.0. The lowest BCUT2D eigenvalue weighted by atomic mass is 9.95. The number of hydrogen-bond donors (Lipinski definition) is 1. The molecule has 21 heavy (non-hydrogen) atoms. The van der Waals surface area contributed by atoms with Gasteiger partial charge >= 0.3 is 0 Å². The Labute approximate surface area is 130 Å². The third kappa shape index (κ3) is 4.17. The molecule has 0 heterocycles. The summed E-state index contributed by atoms with van der Waals surface area (Å²) >= 11 is 5.79. The molecule has 0 aromatic heterocycles. The van der Waals surface area contributed by atoms with E-state index in [0.29, 0.717) is 23.8 Å². The Morgan fingerprint density at radius 3 is 2.05 bits per heavy atom. The fraction of sp³-hybridized carbons (Fsp3) is 0.533. The fourth-order valence-electron chi connectivity index (χ4n) is 1.72. The van der Waals surface area contributed by atoms with Crippen molar-refractivity contribution in [3.63, 3.8) is 0 Å². The van der Waals surface area contributed by atoms with Crippen LogP contribution in [0.2, 0.25) is 0 Å². The van der Waals surface area contributed by atoms with Gasteiger partial charge in [0.15, 0.2) is 11.5 Å². The maximum absolute atomic E-state index is 12.0. The lowest BCUT2D eigenvalue weighted by molar-refractivity contribution is -0.128. The van der Waals surface area contributed by atoms with Crippen LogP contribution in [0.5, 0.6) is 17.2 Å². The maximum atomic E-state index is 12.0. The molecule has 5 nitrogen and oxygen atoms in total. The van der Waals surface area contributed by atoms with E-state index in [1.807, 2.05) is 0 Å². The van der Waals surface area contributed by atoms with Crippen LogP contribution >= 0.6 is 11.6 Å². The van der Waals surface area contributed by atoms with Crippen molar-refractivity contribution in [2.75, 3.05) is 27.2 Å². The summed E-state index contributed by atoms with van der Waals surface area (Å²) in [5, 5.41) is 2.85. The number of halogens is 1. The summed E-state index contributed by atoms with van der Waals surface area (Å²) in [6.07, 6.45) is 0. The Hall–Kier alpha value is -1.62. The number of hydrogen-bond acceptors (Lipinski definition) is 4. The SMILES string of the molecule is COc1cc(CNC(=O)C(C)(C)CCl)cc(OC)c1OC. The van der Waals surface area contributed by atoms with Gasteiger partial charge in [-0.2, -0.15) is 0 Å². The number of nitrogens with one attached hydrogen (secondary N) is 1. The minimum atomic E-state index is -0.609. The molecular formula is C15H22ClNO4. The molecule has 0 saturated carbocycles. The predicted molar refractivity (Wildman–Crippen MR) is 82.4 cm³/mol. The number of alkyl halides is 1. The molecule has 1 aromatic carbocycles. The molecular weight excluding hydrogens is 294 g/mol. The van der Waals surface area contributed by atoms with Crippen molar-refractivity contribution in [3.05, 3.63) is 17.7 Å². The molecule has 0 aliphatic rings. The number of rotatable bonds is 7. The molecule has 0 bridgehead atoms. The Kier molecular flexibility index (Phi) is 6.15. The highest BCUT2D eigenvalue weighted by atomic mass is 35.5. The highest BCUT2D eigenvalue weighted by molar-refractivity contribution is 6.19. The average Bonchev–Trinajstić information content (AvgIpc) is 2.50. The average molecular weight is 316 g/mol. The molecule has 1 rings (SSSR count). The van der Waals surface area contributed by atoms with Gasteiger partial charge in [0.25, 0.3) is 0 Å². The van der Waals surface area contributed by atoms with Gasteiger partial charge in [0.05, 0.1) is 26.7 Å². The van der Waals surface area contributed by atoms with Gasteiger partial charge in [-0.25, -0.2) is 0 Å². The molecule has 0 aliphatic carbocycles. The van der Waals surface area contributed by atoms with Crippen LogP contribution in [0.3, 0.4) is 0 Å². The second kappa shape index (κ2) is 7.41. The van der Waals surface area contributed by atoms with E-state index in [2.05, 4.69) is 5.32 Å². The van der Waals surface area contributed by atoms with Gasteiger partial charge in [0.2, 0.25) is 11.7 Å². The molecule has 0 aliphatic heterocycles. The van der Waals surface area contributed by atoms with Crippen molar-refractivity contribution in [2.45, 2.75) is 20.4 Å². The van der Waals surface area contributed by atoms with E-state index in [9.17, 15) is 4.79 Å². The Bertz CT molecular complexity index is 477. The van der Waals surface area contributed by atoms with E-state index in [-0.39, 0.29) is 11.8 Å². The highest BCUT2D eigenvalue weighted by Gasteiger charge is 2.26. The van der Waals surface area contributed by atoms with Gasteiger partial charge in [-0.05, 0) is 31.5 Å². The Balaban J connectivity index is 2.92. The lowest BCUT2D eigenvalue weighted by Crippen LogP contribution is -2.37. The predicted octanol–water partition coefficient (Wildman–Crippen LogP) is 2.59. The molecule has 0 radical (unpaired) electrons. The largest absolute Gasteiger partial charge is 0.493 e. The molecule has 0 fully saturated rings. The van der Waals surface area contributed by atoms with E-state index in [1.54, 1.807) is 47.3 Å². The Morgan fingerprint density at radius 1 is 1.14 bits per heavy atom. The van der Waals surface area contributed by atoms with E-state index >= 15 is 0 Å². The van der Waals surface area contributed by atoms with Crippen molar-refractivity contribution in [3.8, 4) is 17.2 Å². The van der Waals surface area contributed by atoms with Crippen molar-refractivity contribution in [2.24, 2.45) is 5.41 Å². The summed E-state index contributed by atoms with van der Waals surface area (Å²) in [5.74, 6) is 1.78. The lowest BCUT2D eigenvalue weighted by Gasteiger charge is -2.21. The van der Waals surface area contributed by atoms with E-state index < -0.39 is 5.41 Å². The first-order valence-corrected chi connectivity index (χ1v) is 7.06. The highest BCUT2D eigenvalue weighted by Crippen LogP contribution is 2.38. The molecule has 0 saturated heterocycles. The first-order valence-electron chi connectivity index (χ1n) is 6.52. The molecule has 1 N–H and O–H groups in total. The van der Waals surface area contributed by atoms with Crippen molar-refractivity contribution < 1.29 is 19.0 Å². The number of benzene rings is 1.